The lowest BCUT2D eigenvalue weighted by molar-refractivity contribution is 0.0109. The Hall–Kier alpha value is -3.07. The van der Waals surface area contributed by atoms with Gasteiger partial charge in [-0.05, 0) is 38.6 Å². The zero-order valence-corrected chi connectivity index (χ0v) is 16.7. The topological polar surface area (TPSA) is 93.2 Å². The average Bonchev–Trinajstić information content (AvgIpc) is 3.38. The first kappa shape index (κ1) is 18.0. The lowest BCUT2D eigenvalue weighted by atomic mass is 9.77. The number of hydrogen-bond donors (Lipinski definition) is 0. The second-order valence-electron chi connectivity index (χ2n) is 8.29. The van der Waals surface area contributed by atoms with Crippen molar-refractivity contribution in [1.29, 1.82) is 0 Å². The molecule has 0 bridgehead atoms. The Bertz CT molecular complexity index is 1030. The van der Waals surface area contributed by atoms with Gasteiger partial charge in [0.1, 0.15) is 0 Å². The van der Waals surface area contributed by atoms with Gasteiger partial charge in [0.25, 0.3) is 5.91 Å². The number of nitrogens with zero attached hydrogens (tertiary/aromatic N) is 7. The van der Waals surface area contributed by atoms with E-state index in [-0.39, 0.29) is 17.4 Å². The fraction of sp³-hybridized carbons (Fsp3) is 0.450. The molecular weight excluding hydrogens is 370 g/mol. The van der Waals surface area contributed by atoms with Crippen LogP contribution in [-0.4, -0.2) is 67.3 Å². The van der Waals surface area contributed by atoms with E-state index in [1.807, 2.05) is 37.1 Å². The van der Waals surface area contributed by atoms with Gasteiger partial charge in [0.05, 0.1) is 6.04 Å². The fourth-order valence-corrected chi connectivity index (χ4v) is 4.49. The third-order valence-electron chi connectivity index (χ3n) is 6.06. The molecule has 0 radical (unpaired) electrons. The van der Waals surface area contributed by atoms with Crippen LogP contribution in [0.5, 0.6) is 0 Å². The van der Waals surface area contributed by atoms with Gasteiger partial charge >= 0.3 is 0 Å². The summed E-state index contributed by atoms with van der Waals surface area (Å²) >= 11 is 0. The van der Waals surface area contributed by atoms with Gasteiger partial charge in [-0.25, -0.2) is 0 Å². The van der Waals surface area contributed by atoms with Gasteiger partial charge in [0.2, 0.25) is 11.7 Å². The Balaban J connectivity index is 1.27. The number of amides is 1. The zero-order valence-electron chi connectivity index (χ0n) is 16.7. The molecule has 5 rings (SSSR count). The third-order valence-corrected chi connectivity index (χ3v) is 6.06. The van der Waals surface area contributed by atoms with Crippen LogP contribution < -0.4 is 0 Å². The SMILES string of the molecule is Cc1cc(C(=O)N2CC3(CC(c4nc(-c5cccnc5)no4)N(C)C3)C2)nn1C. The van der Waals surface area contributed by atoms with Gasteiger partial charge < -0.3 is 9.42 Å². The molecule has 1 atom stereocenters. The van der Waals surface area contributed by atoms with Crippen LogP contribution in [0, 0.1) is 12.3 Å². The minimum Gasteiger partial charge on any atom is -0.337 e. The second kappa shape index (κ2) is 6.48. The van der Waals surface area contributed by atoms with Crippen LogP contribution in [0.25, 0.3) is 11.4 Å². The number of carbonyl (C=O) groups is 1. The highest BCUT2D eigenvalue weighted by Gasteiger charge is 2.53. The summed E-state index contributed by atoms with van der Waals surface area (Å²) in [7, 11) is 3.92. The second-order valence-corrected chi connectivity index (χ2v) is 8.29. The Labute approximate surface area is 168 Å². The van der Waals surface area contributed by atoms with Crippen LogP contribution in [0.4, 0.5) is 0 Å². The predicted octanol–water partition coefficient (Wildman–Crippen LogP) is 1.69. The van der Waals surface area contributed by atoms with E-state index >= 15 is 0 Å². The van der Waals surface area contributed by atoms with E-state index in [0.29, 0.717) is 17.4 Å². The number of carbonyl (C=O) groups excluding carboxylic acids is 1. The molecular formula is C20H23N7O2. The van der Waals surface area contributed by atoms with Crippen LogP contribution in [0.3, 0.4) is 0 Å². The lowest BCUT2D eigenvalue weighted by Gasteiger charge is -2.47. The van der Waals surface area contributed by atoms with E-state index in [0.717, 1.165) is 37.3 Å². The third kappa shape index (κ3) is 3.02. The molecule has 1 amide bonds. The molecule has 2 aliphatic rings. The predicted molar refractivity (Wildman–Crippen MR) is 104 cm³/mol. The summed E-state index contributed by atoms with van der Waals surface area (Å²) in [5.74, 6) is 1.17. The molecule has 9 nitrogen and oxygen atoms in total. The lowest BCUT2D eigenvalue weighted by Crippen LogP contribution is -2.59. The highest BCUT2D eigenvalue weighted by molar-refractivity contribution is 5.93. The molecule has 5 heterocycles. The Morgan fingerprint density at radius 3 is 2.79 bits per heavy atom. The normalized spacial score (nSPS) is 20.9. The summed E-state index contributed by atoms with van der Waals surface area (Å²) in [4.78, 5) is 25.5. The van der Waals surface area contributed by atoms with Crippen molar-refractivity contribution in [3.63, 3.8) is 0 Å². The molecule has 0 saturated carbocycles. The average molecular weight is 393 g/mol. The van der Waals surface area contributed by atoms with Crippen LogP contribution in [0.1, 0.15) is 34.5 Å². The van der Waals surface area contributed by atoms with Crippen molar-refractivity contribution in [1.82, 2.24) is 34.7 Å². The summed E-state index contributed by atoms with van der Waals surface area (Å²) < 4.78 is 7.30. The van der Waals surface area contributed by atoms with Crippen molar-refractivity contribution in [2.75, 3.05) is 26.7 Å². The van der Waals surface area contributed by atoms with Crippen LogP contribution in [0.15, 0.2) is 35.1 Å². The summed E-state index contributed by atoms with van der Waals surface area (Å²) in [6.07, 6.45) is 4.33. The highest BCUT2D eigenvalue weighted by atomic mass is 16.5. The number of aromatic nitrogens is 5. The van der Waals surface area contributed by atoms with Crippen molar-refractivity contribution in [3.05, 3.63) is 47.9 Å². The van der Waals surface area contributed by atoms with Crippen molar-refractivity contribution < 1.29 is 9.32 Å². The molecule has 1 spiro atoms. The highest BCUT2D eigenvalue weighted by Crippen LogP contribution is 2.47. The maximum Gasteiger partial charge on any atom is 0.274 e. The number of rotatable bonds is 3. The minimum atomic E-state index is 0.00193. The van der Waals surface area contributed by atoms with Gasteiger partial charge in [-0.1, -0.05) is 5.16 Å². The Morgan fingerprint density at radius 2 is 2.10 bits per heavy atom. The van der Waals surface area contributed by atoms with Crippen LogP contribution in [-0.2, 0) is 7.05 Å². The molecule has 3 aromatic heterocycles. The van der Waals surface area contributed by atoms with Gasteiger partial charge in [-0.15, -0.1) is 0 Å². The number of hydrogen-bond acceptors (Lipinski definition) is 7. The van der Waals surface area contributed by atoms with E-state index in [9.17, 15) is 4.79 Å². The van der Waals surface area contributed by atoms with Gasteiger partial charge in [0.15, 0.2) is 5.69 Å². The maximum absolute atomic E-state index is 12.7. The van der Waals surface area contributed by atoms with Crippen molar-refractivity contribution in [2.24, 2.45) is 12.5 Å². The standard InChI is InChI=1S/C20H23N7O2/c1-13-7-15(23-26(13)3)19(28)27-11-20(12-27)8-16(25(2)10-20)18-22-17(24-29-18)14-5-4-6-21-9-14/h4-7,9,16H,8,10-12H2,1-3H3. The Morgan fingerprint density at radius 1 is 1.28 bits per heavy atom. The molecule has 0 N–H and O–H groups in total. The molecule has 3 aromatic rings. The molecule has 29 heavy (non-hydrogen) atoms. The van der Waals surface area contributed by atoms with Crippen molar-refractivity contribution in [3.8, 4) is 11.4 Å². The number of aryl methyl sites for hydroxylation is 2. The van der Waals surface area contributed by atoms with E-state index in [1.54, 1.807) is 17.1 Å². The molecule has 1 unspecified atom stereocenters. The maximum atomic E-state index is 12.7. The number of pyridine rings is 1. The van der Waals surface area contributed by atoms with Crippen molar-refractivity contribution >= 4 is 5.91 Å². The summed E-state index contributed by atoms with van der Waals surface area (Å²) in [6.45, 7) is 4.30. The number of likely N-dealkylation sites (tertiary alicyclic amines) is 2. The van der Waals surface area contributed by atoms with E-state index in [4.69, 9.17) is 4.52 Å². The summed E-state index contributed by atoms with van der Waals surface area (Å²) in [5, 5.41) is 8.44. The summed E-state index contributed by atoms with van der Waals surface area (Å²) in [5.41, 5.74) is 2.40. The molecule has 9 heteroatoms. The smallest absolute Gasteiger partial charge is 0.274 e. The van der Waals surface area contributed by atoms with Gasteiger partial charge in [-0.2, -0.15) is 10.1 Å². The van der Waals surface area contributed by atoms with Crippen molar-refractivity contribution in [2.45, 2.75) is 19.4 Å². The molecule has 2 aliphatic heterocycles. The monoisotopic (exact) mass is 393 g/mol. The van der Waals surface area contributed by atoms with E-state index < -0.39 is 0 Å². The largest absolute Gasteiger partial charge is 0.337 e. The van der Waals surface area contributed by atoms with Gasteiger partial charge in [0, 0.05) is 55.7 Å². The molecule has 0 aliphatic carbocycles. The zero-order chi connectivity index (χ0) is 20.2. The van der Waals surface area contributed by atoms with E-state index in [1.165, 1.54) is 0 Å². The molecule has 150 valence electrons. The van der Waals surface area contributed by atoms with E-state index in [2.05, 4.69) is 32.2 Å². The van der Waals surface area contributed by atoms with Crippen LogP contribution >= 0.6 is 0 Å². The summed E-state index contributed by atoms with van der Waals surface area (Å²) in [6, 6.07) is 5.67. The molecule has 2 fully saturated rings. The fourth-order valence-electron chi connectivity index (χ4n) is 4.49. The molecule has 2 saturated heterocycles. The first-order valence-electron chi connectivity index (χ1n) is 9.68. The first-order chi connectivity index (χ1) is 13.9. The first-order valence-corrected chi connectivity index (χ1v) is 9.68. The van der Waals surface area contributed by atoms with Gasteiger partial charge in [-0.3, -0.25) is 19.4 Å². The Kier molecular flexibility index (Phi) is 4.02. The molecule has 0 aromatic carbocycles. The minimum absolute atomic E-state index is 0.00193. The quantitative estimate of drug-likeness (QED) is 0.668. The van der Waals surface area contributed by atoms with Crippen LogP contribution in [0.2, 0.25) is 0 Å².